The van der Waals surface area contributed by atoms with E-state index in [-0.39, 0.29) is 0 Å². The predicted octanol–water partition coefficient (Wildman–Crippen LogP) is 17.2. The van der Waals surface area contributed by atoms with E-state index >= 15 is 17.6 Å². The molecule has 0 atom stereocenters. The zero-order valence-corrected chi connectivity index (χ0v) is 38.8. The summed E-state index contributed by atoms with van der Waals surface area (Å²) in [7, 11) is 0. The van der Waals surface area contributed by atoms with E-state index in [9.17, 15) is 0 Å². The Morgan fingerprint density at radius 3 is 1.06 bits per heavy atom. The van der Waals surface area contributed by atoms with Crippen molar-refractivity contribution in [1.29, 1.82) is 0 Å². The number of pyridine rings is 3. The molecule has 0 saturated heterocycles. The monoisotopic (exact) mass is 941 g/mol. The van der Waals surface area contributed by atoms with E-state index in [0.29, 0.717) is 57.3 Å². The molecular weight excluding hydrogens is 899 g/mol. The summed E-state index contributed by atoms with van der Waals surface area (Å²) >= 11 is 0. The molecule has 0 N–H and O–H groups in total. The molecule has 0 bridgehead atoms. The molecule has 11 aromatic rings. The Hall–Kier alpha value is -9.07. The Balaban J connectivity index is 1.04. The fraction of sp³-hybridized carbons (Fsp3) is 0.0308. The highest BCUT2D eigenvalue weighted by molar-refractivity contribution is 5.90. The van der Waals surface area contributed by atoms with Gasteiger partial charge in [-0.25, -0.2) is 17.6 Å². The van der Waals surface area contributed by atoms with Gasteiger partial charge in [0.05, 0.1) is 17.1 Å². The van der Waals surface area contributed by atoms with Crippen LogP contribution in [0.1, 0.15) is 11.1 Å². The molecule has 0 saturated carbocycles. The number of rotatable bonds is 12. The summed E-state index contributed by atoms with van der Waals surface area (Å²) in [5.74, 6) is -4.00. The van der Waals surface area contributed by atoms with Crippen molar-refractivity contribution in [3.63, 3.8) is 0 Å². The molecule has 0 aliphatic heterocycles. The highest BCUT2D eigenvalue weighted by atomic mass is 19.2. The van der Waals surface area contributed by atoms with Crippen LogP contribution >= 0.6 is 0 Å². The number of hydrogen-bond acceptors (Lipinski definition) is 3. The predicted molar refractivity (Wildman–Crippen MR) is 282 cm³/mol. The third-order valence-electron chi connectivity index (χ3n) is 13.1. The van der Waals surface area contributed by atoms with Gasteiger partial charge in [0.1, 0.15) is 0 Å². The smallest absolute Gasteiger partial charge is 0.159 e. The topological polar surface area (TPSA) is 38.7 Å². The molecular formula is C65H43F4N3. The molecule has 0 radical (unpaired) electrons. The molecule has 8 aromatic carbocycles. The molecule has 0 aliphatic rings. The molecule has 0 amide bonds. The maximum Gasteiger partial charge on any atom is 0.159 e. The number of halogens is 4. The third kappa shape index (κ3) is 9.61. The molecule has 11 rings (SSSR count). The van der Waals surface area contributed by atoms with Crippen LogP contribution in [-0.2, 0) is 12.8 Å². The number of hydrogen-bond donors (Lipinski definition) is 0. The normalized spacial score (nSPS) is 11.2. The van der Waals surface area contributed by atoms with E-state index in [0.717, 1.165) is 67.2 Å². The largest absolute Gasteiger partial charge is 0.256 e. The fourth-order valence-corrected chi connectivity index (χ4v) is 9.41. The van der Waals surface area contributed by atoms with Crippen molar-refractivity contribution in [3.05, 3.63) is 271 Å². The average molecular weight is 942 g/mol. The summed E-state index contributed by atoms with van der Waals surface area (Å²) in [6, 6.07) is 68.2. The van der Waals surface area contributed by atoms with Crippen molar-refractivity contribution in [1.82, 2.24) is 15.0 Å². The third-order valence-corrected chi connectivity index (χ3v) is 13.1. The van der Waals surface area contributed by atoms with Crippen LogP contribution < -0.4 is 0 Å². The second-order valence-corrected chi connectivity index (χ2v) is 17.7. The molecule has 0 unspecified atom stereocenters. The molecule has 0 spiro atoms. The molecule has 7 heteroatoms. The van der Waals surface area contributed by atoms with Crippen molar-refractivity contribution in [3.8, 4) is 101 Å². The van der Waals surface area contributed by atoms with E-state index in [1.54, 1.807) is 18.6 Å². The Morgan fingerprint density at radius 1 is 0.250 bits per heavy atom. The first-order chi connectivity index (χ1) is 35.3. The Kier molecular flexibility index (Phi) is 12.7. The Labute approximate surface area is 415 Å². The van der Waals surface area contributed by atoms with Crippen LogP contribution in [0.3, 0.4) is 0 Å². The minimum absolute atomic E-state index is 0.436. The van der Waals surface area contributed by atoms with Gasteiger partial charge in [-0.05, 0) is 164 Å². The van der Waals surface area contributed by atoms with Crippen molar-refractivity contribution in [2.45, 2.75) is 12.8 Å². The van der Waals surface area contributed by atoms with Crippen LogP contribution in [-0.4, -0.2) is 15.0 Å². The van der Waals surface area contributed by atoms with Gasteiger partial charge in [0.15, 0.2) is 23.3 Å². The maximum atomic E-state index is 15.7. The van der Waals surface area contributed by atoms with Gasteiger partial charge in [-0.1, -0.05) is 146 Å². The lowest BCUT2D eigenvalue weighted by atomic mass is 9.87. The van der Waals surface area contributed by atoms with Crippen LogP contribution in [0, 0.1) is 23.3 Å². The molecule has 0 aliphatic carbocycles. The second-order valence-electron chi connectivity index (χ2n) is 17.7. The number of aryl methyl sites for hydroxylation is 2. The SMILES string of the molecule is Fc1cc(-c2ccc(-c3ccccn3)cc2)c(-c2cc(CCc3ccc(-c4ccccn4)cc3-c3ccc(-c4ccccc4)cc3)cc(-c3cc(F)c(F)cc3-c3ccc(-c4ccccn4)cc3)c2)cc1F. The first-order valence-electron chi connectivity index (χ1n) is 23.7. The summed E-state index contributed by atoms with van der Waals surface area (Å²) < 4.78 is 62.3. The quantitative estimate of drug-likeness (QED) is 0.115. The van der Waals surface area contributed by atoms with Crippen LogP contribution in [0.15, 0.2) is 237 Å². The van der Waals surface area contributed by atoms with Gasteiger partial charge >= 0.3 is 0 Å². The minimum Gasteiger partial charge on any atom is -0.256 e. The molecule has 3 aromatic heterocycles. The fourth-order valence-electron chi connectivity index (χ4n) is 9.41. The van der Waals surface area contributed by atoms with Crippen LogP contribution in [0.5, 0.6) is 0 Å². The molecule has 3 heterocycles. The van der Waals surface area contributed by atoms with Crippen molar-refractivity contribution < 1.29 is 17.6 Å². The Bertz CT molecular complexity index is 3520. The van der Waals surface area contributed by atoms with Gasteiger partial charge in [0.2, 0.25) is 0 Å². The molecule has 346 valence electrons. The van der Waals surface area contributed by atoms with Crippen molar-refractivity contribution in [2.75, 3.05) is 0 Å². The maximum absolute atomic E-state index is 15.7. The lowest BCUT2D eigenvalue weighted by Gasteiger charge is -2.18. The van der Waals surface area contributed by atoms with Gasteiger partial charge in [-0.2, -0.15) is 0 Å². The van der Waals surface area contributed by atoms with E-state index in [2.05, 4.69) is 69.5 Å². The van der Waals surface area contributed by atoms with Crippen molar-refractivity contribution in [2.24, 2.45) is 0 Å². The van der Waals surface area contributed by atoms with Crippen LogP contribution in [0.4, 0.5) is 17.6 Å². The summed E-state index contributed by atoms with van der Waals surface area (Å²) in [4.78, 5) is 13.6. The minimum atomic E-state index is -1.01. The van der Waals surface area contributed by atoms with Gasteiger partial charge in [-0.15, -0.1) is 0 Å². The first kappa shape index (κ1) is 45.4. The van der Waals surface area contributed by atoms with Crippen LogP contribution in [0.2, 0.25) is 0 Å². The van der Waals surface area contributed by atoms with Crippen LogP contribution in [0.25, 0.3) is 101 Å². The number of benzene rings is 8. The number of nitrogens with zero attached hydrogens (tertiary/aromatic N) is 3. The van der Waals surface area contributed by atoms with E-state index in [1.165, 1.54) is 24.3 Å². The Morgan fingerprint density at radius 2 is 0.611 bits per heavy atom. The number of aromatic nitrogens is 3. The molecule has 3 nitrogen and oxygen atoms in total. The average Bonchev–Trinajstić information content (AvgIpc) is 3.44. The molecule has 72 heavy (non-hydrogen) atoms. The zero-order valence-electron chi connectivity index (χ0n) is 38.8. The van der Waals surface area contributed by atoms with Gasteiger partial charge in [0.25, 0.3) is 0 Å². The van der Waals surface area contributed by atoms with E-state index in [4.69, 9.17) is 0 Å². The highest BCUT2D eigenvalue weighted by Crippen LogP contribution is 2.41. The molecule has 0 fully saturated rings. The highest BCUT2D eigenvalue weighted by Gasteiger charge is 2.20. The summed E-state index contributed by atoms with van der Waals surface area (Å²) in [6.07, 6.45) is 6.32. The lowest BCUT2D eigenvalue weighted by Crippen LogP contribution is -1.99. The summed E-state index contributed by atoms with van der Waals surface area (Å²) in [6.45, 7) is 0. The zero-order chi connectivity index (χ0) is 49.0. The van der Waals surface area contributed by atoms with Crippen molar-refractivity contribution >= 4 is 0 Å². The van der Waals surface area contributed by atoms with E-state index < -0.39 is 23.3 Å². The van der Waals surface area contributed by atoms with Gasteiger partial charge < -0.3 is 0 Å². The first-order valence-corrected chi connectivity index (χ1v) is 23.7. The second kappa shape index (κ2) is 20.1. The van der Waals surface area contributed by atoms with Gasteiger partial charge in [-0.3, -0.25) is 15.0 Å². The van der Waals surface area contributed by atoms with Gasteiger partial charge in [0, 0.05) is 35.3 Å². The lowest BCUT2D eigenvalue weighted by molar-refractivity contribution is 0.509. The van der Waals surface area contributed by atoms with E-state index in [1.807, 2.05) is 140 Å². The standard InChI is InChI=1S/C65H43F4N3/c66-59-38-55(47-21-26-49(27-22-47)63-12-4-7-31-70-63)57(40-61(59)68)52-34-42(35-53(36-52)58-41-62(69)60(67)39-56(58)48-23-28-50(29-24-48)64-13-5-8-32-71-64)15-16-45-25-30-51(65-14-6-9-33-72-65)37-54(45)46-19-17-44(18-20-46)43-10-2-1-3-11-43/h1-14,17-41H,15-16H2. The summed E-state index contributed by atoms with van der Waals surface area (Å²) in [5.41, 5.74) is 15.6. The summed E-state index contributed by atoms with van der Waals surface area (Å²) in [5, 5.41) is 0.